The Morgan fingerprint density at radius 3 is 2.69 bits per heavy atom. The second-order valence-corrected chi connectivity index (χ2v) is 8.45. The van der Waals surface area contributed by atoms with Crippen molar-refractivity contribution in [3.63, 3.8) is 0 Å². The van der Waals surface area contributed by atoms with Gasteiger partial charge in [-0.1, -0.05) is 12.2 Å². The smallest absolute Gasteiger partial charge is 0.307 e. The Labute approximate surface area is 207 Å². The van der Waals surface area contributed by atoms with Gasteiger partial charge in [-0.05, 0) is 61.2 Å². The standard InChI is InChI=1S/C27H29F3N2O4/c1-36-21-8-10-26-23(15-21)22(25(30)16-31-26)6-2-4-19(27(34)35)17-32(12-13-33)11-3-5-18-14-20(28)7-9-24(18)29/h3,5,7-10,14-16,19,33H,2,4,6,11-13,17H2,1H3,(H,34,35)/b5-3+. The number of carboxylic acid groups (broad SMARTS) is 1. The summed E-state index contributed by atoms with van der Waals surface area (Å²) in [5.41, 5.74) is 1.16. The Balaban J connectivity index is 1.65. The molecule has 192 valence electrons. The van der Waals surface area contributed by atoms with E-state index in [4.69, 9.17) is 4.74 Å². The van der Waals surface area contributed by atoms with Crippen LogP contribution in [0.5, 0.6) is 5.75 Å². The van der Waals surface area contributed by atoms with E-state index in [1.807, 2.05) is 0 Å². The molecule has 1 heterocycles. The number of fused-ring (bicyclic) bond motifs is 1. The van der Waals surface area contributed by atoms with Crippen LogP contribution in [-0.2, 0) is 11.2 Å². The Morgan fingerprint density at radius 2 is 1.97 bits per heavy atom. The molecular formula is C27H29F3N2O4. The molecule has 0 fully saturated rings. The summed E-state index contributed by atoms with van der Waals surface area (Å²) in [6, 6.07) is 8.33. The van der Waals surface area contributed by atoms with Gasteiger partial charge in [-0.3, -0.25) is 14.7 Å². The number of hydrogen-bond acceptors (Lipinski definition) is 5. The van der Waals surface area contributed by atoms with Gasteiger partial charge >= 0.3 is 5.97 Å². The normalized spacial score (nSPS) is 12.5. The lowest BCUT2D eigenvalue weighted by atomic mass is 9.97. The highest BCUT2D eigenvalue weighted by Gasteiger charge is 2.21. The fourth-order valence-electron chi connectivity index (χ4n) is 4.08. The molecule has 6 nitrogen and oxygen atoms in total. The first-order valence-corrected chi connectivity index (χ1v) is 11.6. The molecule has 3 aromatic rings. The molecule has 0 bridgehead atoms. The number of ether oxygens (including phenoxy) is 1. The van der Waals surface area contributed by atoms with Gasteiger partial charge < -0.3 is 14.9 Å². The van der Waals surface area contributed by atoms with Crippen molar-refractivity contribution in [1.29, 1.82) is 0 Å². The van der Waals surface area contributed by atoms with E-state index in [1.54, 1.807) is 29.2 Å². The van der Waals surface area contributed by atoms with Crippen LogP contribution in [0, 0.1) is 23.4 Å². The minimum Gasteiger partial charge on any atom is -0.497 e. The fourth-order valence-corrected chi connectivity index (χ4v) is 4.08. The summed E-state index contributed by atoms with van der Waals surface area (Å²) in [6.45, 7) is 0.399. The van der Waals surface area contributed by atoms with Crippen molar-refractivity contribution >= 4 is 22.9 Å². The van der Waals surface area contributed by atoms with Crippen molar-refractivity contribution in [2.45, 2.75) is 19.3 Å². The first kappa shape index (κ1) is 27.2. The molecule has 0 saturated carbocycles. The molecule has 0 saturated heterocycles. The number of aliphatic hydroxyl groups excluding tert-OH is 1. The first-order chi connectivity index (χ1) is 17.3. The molecule has 2 N–H and O–H groups in total. The number of rotatable bonds is 13. The van der Waals surface area contributed by atoms with Gasteiger partial charge in [-0.25, -0.2) is 13.2 Å². The second kappa shape index (κ2) is 13.0. The summed E-state index contributed by atoms with van der Waals surface area (Å²) in [4.78, 5) is 17.7. The van der Waals surface area contributed by atoms with Gasteiger partial charge in [0.15, 0.2) is 0 Å². The van der Waals surface area contributed by atoms with E-state index in [1.165, 1.54) is 13.2 Å². The number of aliphatic hydroxyl groups is 1. The summed E-state index contributed by atoms with van der Waals surface area (Å²) in [6.07, 6.45) is 5.20. The van der Waals surface area contributed by atoms with Crippen molar-refractivity contribution in [3.05, 3.63) is 77.2 Å². The maximum absolute atomic E-state index is 14.6. The molecule has 0 aliphatic rings. The van der Waals surface area contributed by atoms with Gasteiger partial charge in [0.1, 0.15) is 23.2 Å². The Morgan fingerprint density at radius 1 is 1.17 bits per heavy atom. The molecular weight excluding hydrogens is 473 g/mol. The molecule has 2 aromatic carbocycles. The number of aromatic nitrogens is 1. The average molecular weight is 503 g/mol. The lowest BCUT2D eigenvalue weighted by molar-refractivity contribution is -0.142. The molecule has 1 aromatic heterocycles. The first-order valence-electron chi connectivity index (χ1n) is 11.6. The van der Waals surface area contributed by atoms with Gasteiger partial charge in [0.05, 0.1) is 31.3 Å². The number of nitrogens with zero attached hydrogens (tertiary/aromatic N) is 2. The Hall–Kier alpha value is -3.43. The largest absolute Gasteiger partial charge is 0.497 e. The SMILES string of the molecule is COc1ccc2ncc(F)c(CCCC(CN(C/C=C/c3cc(F)ccc3F)CCO)C(=O)O)c2c1. The molecule has 9 heteroatoms. The van der Waals surface area contributed by atoms with Crippen molar-refractivity contribution in [2.24, 2.45) is 5.92 Å². The van der Waals surface area contributed by atoms with E-state index in [-0.39, 0.29) is 38.2 Å². The molecule has 0 spiro atoms. The van der Waals surface area contributed by atoms with Gasteiger partial charge in [0.25, 0.3) is 0 Å². The van der Waals surface area contributed by atoms with E-state index in [9.17, 15) is 28.2 Å². The van der Waals surface area contributed by atoms with E-state index in [2.05, 4.69) is 4.98 Å². The summed E-state index contributed by atoms with van der Waals surface area (Å²) in [5.74, 6) is -2.78. The number of carboxylic acids is 1. The molecule has 0 amide bonds. The number of aryl methyl sites for hydroxylation is 1. The molecule has 0 radical (unpaired) electrons. The molecule has 0 aliphatic heterocycles. The highest BCUT2D eigenvalue weighted by Crippen LogP contribution is 2.26. The van der Waals surface area contributed by atoms with Gasteiger partial charge in [0, 0.05) is 30.6 Å². The van der Waals surface area contributed by atoms with Crippen LogP contribution in [0.25, 0.3) is 17.0 Å². The lowest BCUT2D eigenvalue weighted by Gasteiger charge is -2.24. The Bertz CT molecular complexity index is 1220. The van der Waals surface area contributed by atoms with Crippen LogP contribution in [0.15, 0.2) is 48.7 Å². The number of aliphatic carboxylic acids is 1. The van der Waals surface area contributed by atoms with Crippen molar-refractivity contribution < 1.29 is 32.9 Å². The predicted molar refractivity (Wildman–Crippen MR) is 131 cm³/mol. The number of benzene rings is 2. The van der Waals surface area contributed by atoms with Crippen LogP contribution in [0.2, 0.25) is 0 Å². The summed E-state index contributed by atoms with van der Waals surface area (Å²) in [5, 5.41) is 19.8. The van der Waals surface area contributed by atoms with Crippen molar-refractivity contribution in [2.75, 3.05) is 33.4 Å². The zero-order valence-corrected chi connectivity index (χ0v) is 20.0. The number of hydrogen-bond donors (Lipinski definition) is 2. The monoisotopic (exact) mass is 502 g/mol. The van der Waals surface area contributed by atoms with Crippen molar-refractivity contribution in [3.8, 4) is 5.75 Å². The van der Waals surface area contributed by atoms with Crippen LogP contribution >= 0.6 is 0 Å². The molecule has 36 heavy (non-hydrogen) atoms. The average Bonchev–Trinajstić information content (AvgIpc) is 2.86. The van der Waals surface area contributed by atoms with E-state index >= 15 is 0 Å². The second-order valence-electron chi connectivity index (χ2n) is 8.45. The number of halogens is 3. The third-order valence-corrected chi connectivity index (χ3v) is 5.98. The quantitative estimate of drug-likeness (QED) is 0.353. The summed E-state index contributed by atoms with van der Waals surface area (Å²) >= 11 is 0. The zero-order chi connectivity index (χ0) is 26.1. The van der Waals surface area contributed by atoms with E-state index in [0.29, 0.717) is 35.1 Å². The summed E-state index contributed by atoms with van der Waals surface area (Å²) in [7, 11) is 1.52. The third kappa shape index (κ3) is 7.29. The highest BCUT2D eigenvalue weighted by atomic mass is 19.1. The van der Waals surface area contributed by atoms with Gasteiger partial charge in [-0.15, -0.1) is 0 Å². The predicted octanol–water partition coefficient (Wildman–Crippen LogP) is 4.69. The highest BCUT2D eigenvalue weighted by molar-refractivity contribution is 5.83. The number of methoxy groups -OCH3 is 1. The molecule has 1 atom stereocenters. The number of pyridine rings is 1. The summed E-state index contributed by atoms with van der Waals surface area (Å²) < 4.78 is 47.0. The third-order valence-electron chi connectivity index (χ3n) is 5.98. The van der Waals surface area contributed by atoms with Gasteiger partial charge in [0.2, 0.25) is 0 Å². The maximum Gasteiger partial charge on any atom is 0.307 e. The van der Waals surface area contributed by atoms with Crippen molar-refractivity contribution in [1.82, 2.24) is 9.88 Å². The van der Waals surface area contributed by atoms with E-state index < -0.39 is 29.3 Å². The lowest BCUT2D eigenvalue weighted by Crippen LogP contribution is -2.35. The minimum absolute atomic E-state index is 0.0805. The van der Waals surface area contributed by atoms with Crippen LogP contribution in [0.4, 0.5) is 13.2 Å². The van der Waals surface area contributed by atoms with Crippen LogP contribution < -0.4 is 4.74 Å². The molecule has 1 unspecified atom stereocenters. The fraction of sp³-hybridized carbons (Fsp3) is 0.333. The minimum atomic E-state index is -1.00. The van der Waals surface area contributed by atoms with Crippen LogP contribution in [0.1, 0.15) is 24.0 Å². The zero-order valence-electron chi connectivity index (χ0n) is 20.0. The number of carbonyl (C=O) groups is 1. The maximum atomic E-state index is 14.6. The molecule has 3 rings (SSSR count). The topological polar surface area (TPSA) is 82.9 Å². The van der Waals surface area contributed by atoms with E-state index in [0.717, 1.165) is 24.4 Å². The van der Waals surface area contributed by atoms with Gasteiger partial charge in [-0.2, -0.15) is 0 Å². The molecule has 0 aliphatic carbocycles. The van der Waals surface area contributed by atoms with Crippen LogP contribution in [0.3, 0.4) is 0 Å². The van der Waals surface area contributed by atoms with Crippen LogP contribution in [-0.4, -0.2) is 59.4 Å². The Kier molecular flexibility index (Phi) is 9.84.